The molecule has 3 nitrogen and oxygen atoms in total. The Kier molecular flexibility index (Phi) is 3.96. The molecule has 1 aromatic heterocycles. The number of rotatable bonds is 2. The van der Waals surface area contributed by atoms with Crippen molar-refractivity contribution in [1.29, 1.82) is 0 Å². The van der Waals surface area contributed by atoms with Gasteiger partial charge < -0.3 is 10.5 Å². The first-order valence-corrected chi connectivity index (χ1v) is 5.99. The normalized spacial score (nSPS) is 11.4. The molecular weight excluding hydrogens is 316 g/mol. The Morgan fingerprint density at radius 3 is 2.45 bits per heavy atom. The summed E-state index contributed by atoms with van der Waals surface area (Å²) < 4.78 is 43.5. The number of halogens is 5. The molecule has 8 heteroatoms. The number of alkyl halides is 3. The number of benzene rings is 1. The minimum Gasteiger partial charge on any atom is -0.436 e. The summed E-state index contributed by atoms with van der Waals surface area (Å²) in [6.07, 6.45) is -3.41. The van der Waals surface area contributed by atoms with E-state index in [2.05, 4.69) is 4.98 Å². The van der Waals surface area contributed by atoms with Crippen molar-refractivity contribution in [3.63, 3.8) is 0 Å². The molecule has 0 atom stereocenters. The van der Waals surface area contributed by atoms with Crippen molar-refractivity contribution in [2.24, 2.45) is 0 Å². The molecule has 0 aliphatic carbocycles. The Morgan fingerprint density at radius 1 is 1.15 bits per heavy atom. The number of hydrogen-bond donors (Lipinski definition) is 1. The van der Waals surface area contributed by atoms with E-state index in [-0.39, 0.29) is 21.5 Å². The molecule has 1 heterocycles. The van der Waals surface area contributed by atoms with Gasteiger partial charge in [0.15, 0.2) is 5.75 Å². The number of hydrogen-bond acceptors (Lipinski definition) is 3. The summed E-state index contributed by atoms with van der Waals surface area (Å²) in [7, 11) is 0. The topological polar surface area (TPSA) is 48.1 Å². The van der Waals surface area contributed by atoms with E-state index in [1.54, 1.807) is 0 Å². The van der Waals surface area contributed by atoms with Crippen LogP contribution < -0.4 is 10.5 Å². The van der Waals surface area contributed by atoms with Gasteiger partial charge in [-0.15, -0.1) is 0 Å². The molecule has 0 spiro atoms. The molecular formula is C12H7Cl2F3N2O. The average molecular weight is 323 g/mol. The summed E-state index contributed by atoms with van der Waals surface area (Å²) in [5.41, 5.74) is 4.67. The molecule has 0 fully saturated rings. The lowest BCUT2D eigenvalue weighted by atomic mass is 10.2. The first-order valence-electron chi connectivity index (χ1n) is 5.23. The molecule has 0 saturated heterocycles. The Morgan fingerprint density at radius 2 is 1.80 bits per heavy atom. The van der Waals surface area contributed by atoms with Crippen LogP contribution in [0.4, 0.5) is 18.9 Å². The SMILES string of the molecule is Nc1cc(Cl)c(Cl)cc1Oc1ncccc1C(F)(F)F. The molecule has 0 unspecified atom stereocenters. The molecule has 0 radical (unpaired) electrons. The van der Waals surface area contributed by atoms with Crippen LogP contribution in [0.1, 0.15) is 5.56 Å². The van der Waals surface area contributed by atoms with Crippen LogP contribution in [0.3, 0.4) is 0 Å². The summed E-state index contributed by atoms with van der Waals surface area (Å²) in [5, 5.41) is 0.286. The fourth-order valence-electron chi connectivity index (χ4n) is 1.42. The lowest BCUT2D eigenvalue weighted by Gasteiger charge is -2.13. The van der Waals surface area contributed by atoms with Gasteiger partial charge in [-0.1, -0.05) is 23.2 Å². The van der Waals surface area contributed by atoms with E-state index in [0.717, 1.165) is 12.1 Å². The van der Waals surface area contributed by atoms with Crippen LogP contribution in [0.25, 0.3) is 0 Å². The highest BCUT2D eigenvalue weighted by Gasteiger charge is 2.35. The van der Waals surface area contributed by atoms with E-state index in [4.69, 9.17) is 33.7 Å². The van der Waals surface area contributed by atoms with Gasteiger partial charge in [0.2, 0.25) is 5.88 Å². The van der Waals surface area contributed by atoms with Crippen LogP contribution in [0, 0.1) is 0 Å². The van der Waals surface area contributed by atoms with E-state index in [9.17, 15) is 13.2 Å². The lowest BCUT2D eigenvalue weighted by molar-refractivity contribution is -0.138. The minimum absolute atomic E-state index is 0.0522. The second-order valence-electron chi connectivity index (χ2n) is 3.76. The van der Waals surface area contributed by atoms with Crippen LogP contribution in [-0.4, -0.2) is 4.98 Å². The zero-order valence-electron chi connectivity index (χ0n) is 9.71. The van der Waals surface area contributed by atoms with Crippen LogP contribution >= 0.6 is 23.2 Å². The second kappa shape index (κ2) is 5.38. The van der Waals surface area contributed by atoms with E-state index in [1.807, 2.05) is 0 Å². The molecule has 0 amide bonds. The smallest absolute Gasteiger partial charge is 0.421 e. The summed E-state index contributed by atoms with van der Waals surface area (Å²) >= 11 is 11.5. The third-order valence-corrected chi connectivity index (χ3v) is 3.06. The van der Waals surface area contributed by atoms with Gasteiger partial charge in [0.1, 0.15) is 5.56 Å². The third-order valence-electron chi connectivity index (χ3n) is 2.34. The monoisotopic (exact) mass is 322 g/mol. The van der Waals surface area contributed by atoms with Crippen molar-refractivity contribution in [1.82, 2.24) is 4.98 Å². The molecule has 1 aromatic carbocycles. The Hall–Kier alpha value is -1.66. The minimum atomic E-state index is -4.59. The number of nitrogens with two attached hydrogens (primary N) is 1. The van der Waals surface area contributed by atoms with Crippen molar-refractivity contribution in [3.05, 3.63) is 46.1 Å². The highest BCUT2D eigenvalue weighted by Crippen LogP contribution is 2.39. The van der Waals surface area contributed by atoms with Crippen molar-refractivity contribution in [3.8, 4) is 11.6 Å². The molecule has 2 N–H and O–H groups in total. The number of aromatic nitrogens is 1. The predicted octanol–water partition coefficient (Wildman–Crippen LogP) is 4.78. The fraction of sp³-hybridized carbons (Fsp3) is 0.0833. The molecule has 0 bridgehead atoms. The Balaban J connectivity index is 2.43. The van der Waals surface area contributed by atoms with E-state index >= 15 is 0 Å². The summed E-state index contributed by atoms with van der Waals surface area (Å²) in [5.74, 6) is -0.659. The first kappa shape index (κ1) is 14.7. The third kappa shape index (κ3) is 3.08. The maximum absolute atomic E-state index is 12.8. The zero-order chi connectivity index (χ0) is 14.9. The highest BCUT2D eigenvalue weighted by molar-refractivity contribution is 6.42. The van der Waals surface area contributed by atoms with E-state index in [0.29, 0.717) is 0 Å². The van der Waals surface area contributed by atoms with Crippen molar-refractivity contribution >= 4 is 28.9 Å². The van der Waals surface area contributed by atoms with Gasteiger partial charge >= 0.3 is 6.18 Å². The fourth-order valence-corrected chi connectivity index (χ4v) is 1.75. The Labute approximate surface area is 122 Å². The van der Waals surface area contributed by atoms with Crippen LogP contribution in [0.15, 0.2) is 30.5 Å². The quantitative estimate of drug-likeness (QED) is 0.809. The van der Waals surface area contributed by atoms with Crippen LogP contribution in [0.2, 0.25) is 10.0 Å². The number of ether oxygens (including phenoxy) is 1. The van der Waals surface area contributed by atoms with Crippen molar-refractivity contribution in [2.75, 3.05) is 5.73 Å². The summed E-state index contributed by atoms with van der Waals surface area (Å²) in [6, 6.07) is 4.54. The largest absolute Gasteiger partial charge is 0.436 e. The number of nitrogens with zero attached hydrogens (tertiary/aromatic N) is 1. The molecule has 0 aliphatic heterocycles. The Bertz CT molecular complexity index is 647. The predicted molar refractivity (Wildman–Crippen MR) is 70.2 cm³/mol. The number of anilines is 1. The molecule has 20 heavy (non-hydrogen) atoms. The lowest BCUT2D eigenvalue weighted by Crippen LogP contribution is -2.08. The van der Waals surface area contributed by atoms with Crippen molar-refractivity contribution in [2.45, 2.75) is 6.18 Å². The maximum atomic E-state index is 12.8. The summed E-state index contributed by atoms with van der Waals surface area (Å²) in [6.45, 7) is 0. The highest BCUT2D eigenvalue weighted by atomic mass is 35.5. The second-order valence-corrected chi connectivity index (χ2v) is 4.57. The van der Waals surface area contributed by atoms with Gasteiger partial charge in [0.05, 0.1) is 15.7 Å². The van der Waals surface area contributed by atoms with Gasteiger partial charge in [0.25, 0.3) is 0 Å². The zero-order valence-corrected chi connectivity index (χ0v) is 11.2. The maximum Gasteiger partial charge on any atom is 0.421 e. The van der Waals surface area contributed by atoms with Gasteiger partial charge in [-0.05, 0) is 18.2 Å². The van der Waals surface area contributed by atoms with Gasteiger partial charge in [-0.25, -0.2) is 4.98 Å². The number of pyridine rings is 1. The summed E-state index contributed by atoms with van der Waals surface area (Å²) in [4.78, 5) is 3.56. The standard InChI is InChI=1S/C12H7Cl2F3N2O/c13-7-4-9(18)10(5-8(7)14)20-11-6(12(15,16)17)2-1-3-19-11/h1-5H,18H2. The first-order chi connectivity index (χ1) is 9.29. The van der Waals surface area contributed by atoms with E-state index in [1.165, 1.54) is 18.3 Å². The number of nitrogen functional groups attached to an aromatic ring is 1. The molecule has 2 rings (SSSR count). The van der Waals surface area contributed by atoms with Gasteiger partial charge in [-0.2, -0.15) is 13.2 Å². The molecule has 0 aliphatic rings. The van der Waals surface area contributed by atoms with Crippen molar-refractivity contribution < 1.29 is 17.9 Å². The van der Waals surface area contributed by atoms with Crippen LogP contribution in [-0.2, 0) is 6.18 Å². The van der Waals surface area contributed by atoms with Gasteiger partial charge in [-0.3, -0.25) is 0 Å². The molecule has 0 saturated carbocycles. The van der Waals surface area contributed by atoms with Crippen LogP contribution in [0.5, 0.6) is 11.6 Å². The van der Waals surface area contributed by atoms with E-state index < -0.39 is 17.6 Å². The van der Waals surface area contributed by atoms with Gasteiger partial charge in [0, 0.05) is 12.3 Å². The average Bonchev–Trinajstić information content (AvgIpc) is 2.35. The molecule has 2 aromatic rings. The molecule has 106 valence electrons.